The van der Waals surface area contributed by atoms with Crippen LogP contribution in [-0.2, 0) is 17.6 Å². The zero-order valence-electron chi connectivity index (χ0n) is 20.0. The lowest BCUT2D eigenvalue weighted by molar-refractivity contribution is 0.0987. The lowest BCUT2D eigenvalue weighted by Gasteiger charge is -2.36. The normalized spacial score (nSPS) is 16.6. The summed E-state index contributed by atoms with van der Waals surface area (Å²) in [4.78, 5) is 17.5. The number of benzene rings is 2. The van der Waals surface area contributed by atoms with Crippen molar-refractivity contribution in [3.8, 4) is 0 Å². The van der Waals surface area contributed by atoms with E-state index in [9.17, 15) is 9.18 Å². The Morgan fingerprint density at radius 1 is 1.08 bits per heavy atom. The van der Waals surface area contributed by atoms with Crippen LogP contribution in [0.25, 0.3) is 0 Å². The highest BCUT2D eigenvalue weighted by molar-refractivity contribution is 6.36. The van der Waals surface area contributed by atoms with Gasteiger partial charge >= 0.3 is 0 Å². The molecule has 1 aromatic heterocycles. The van der Waals surface area contributed by atoms with Crippen molar-refractivity contribution in [1.29, 1.82) is 0 Å². The molecule has 0 unspecified atom stereocenters. The number of halogens is 3. The maximum absolute atomic E-state index is 14.2. The minimum absolute atomic E-state index is 0.0148. The van der Waals surface area contributed by atoms with E-state index < -0.39 is 5.82 Å². The summed E-state index contributed by atoms with van der Waals surface area (Å²) in [6.45, 7) is 5.82. The van der Waals surface area contributed by atoms with Crippen molar-refractivity contribution >= 4 is 40.4 Å². The van der Waals surface area contributed by atoms with Crippen LogP contribution in [0.2, 0.25) is 10.0 Å². The lowest BCUT2D eigenvalue weighted by atomic mass is 9.99. The van der Waals surface area contributed by atoms with E-state index in [0.29, 0.717) is 22.8 Å². The third kappa shape index (κ3) is 5.05. The first-order chi connectivity index (χ1) is 17.4. The molecule has 0 saturated carbocycles. The van der Waals surface area contributed by atoms with Crippen LogP contribution in [0, 0.1) is 5.82 Å². The van der Waals surface area contributed by atoms with Crippen LogP contribution in [0.15, 0.2) is 42.5 Å². The number of nitrogens with zero attached hydrogens (tertiary/aromatic N) is 4. The molecule has 0 amide bonds. The highest BCUT2D eigenvalue weighted by atomic mass is 35.5. The Balaban J connectivity index is 1.36. The molecular formula is C27H27Cl2FN4O2. The van der Waals surface area contributed by atoms with Gasteiger partial charge in [0, 0.05) is 42.3 Å². The van der Waals surface area contributed by atoms with Gasteiger partial charge in [0.25, 0.3) is 0 Å². The SMILES string of the molecule is C[C@H](c1c(Cl)ccc(F)c1Cl)N1CCCc2nnc(C(=O)Cc3ccc(N4CCOCC4)cc3)cc21. The van der Waals surface area contributed by atoms with Crippen molar-refractivity contribution in [1.82, 2.24) is 10.2 Å². The zero-order chi connectivity index (χ0) is 25.2. The number of fused-ring (bicyclic) bond motifs is 1. The Bertz CT molecular complexity index is 1270. The maximum Gasteiger partial charge on any atom is 0.187 e. The summed E-state index contributed by atoms with van der Waals surface area (Å²) >= 11 is 12.7. The van der Waals surface area contributed by atoms with Crippen LogP contribution >= 0.6 is 23.2 Å². The van der Waals surface area contributed by atoms with Crippen LogP contribution < -0.4 is 9.80 Å². The quantitative estimate of drug-likeness (QED) is 0.302. The van der Waals surface area contributed by atoms with Crippen molar-refractivity contribution < 1.29 is 13.9 Å². The first kappa shape index (κ1) is 24.9. The molecule has 9 heteroatoms. The summed E-state index contributed by atoms with van der Waals surface area (Å²) in [5, 5.41) is 9.03. The Hall–Kier alpha value is -2.74. The molecule has 0 spiro atoms. The highest BCUT2D eigenvalue weighted by Gasteiger charge is 2.28. The molecule has 0 bridgehead atoms. The lowest BCUT2D eigenvalue weighted by Crippen LogP contribution is -2.36. The molecule has 3 heterocycles. The fourth-order valence-electron chi connectivity index (χ4n) is 4.91. The van der Waals surface area contributed by atoms with Crippen molar-refractivity contribution in [3.63, 3.8) is 0 Å². The number of hydrogen-bond donors (Lipinski definition) is 0. The summed E-state index contributed by atoms with van der Waals surface area (Å²) in [6, 6.07) is 12.3. The Morgan fingerprint density at radius 2 is 1.83 bits per heavy atom. The molecule has 0 N–H and O–H groups in total. The second-order valence-corrected chi connectivity index (χ2v) is 9.94. The summed E-state index contributed by atoms with van der Waals surface area (Å²) in [5.74, 6) is -0.618. The number of aromatic nitrogens is 2. The van der Waals surface area contributed by atoms with Gasteiger partial charge in [-0.3, -0.25) is 4.79 Å². The first-order valence-corrected chi connectivity index (χ1v) is 12.9. The van der Waals surface area contributed by atoms with Gasteiger partial charge in [0.05, 0.1) is 35.7 Å². The van der Waals surface area contributed by atoms with Gasteiger partial charge in [0.2, 0.25) is 0 Å². The van der Waals surface area contributed by atoms with Gasteiger partial charge in [-0.2, -0.15) is 5.10 Å². The van der Waals surface area contributed by atoms with E-state index in [4.69, 9.17) is 27.9 Å². The van der Waals surface area contributed by atoms with E-state index in [1.807, 2.05) is 31.2 Å². The largest absolute Gasteiger partial charge is 0.378 e. The van der Waals surface area contributed by atoms with E-state index in [-0.39, 0.29) is 23.3 Å². The number of rotatable bonds is 6. The molecule has 1 fully saturated rings. The minimum Gasteiger partial charge on any atom is -0.378 e. The fourth-order valence-corrected chi connectivity index (χ4v) is 5.60. The molecule has 188 valence electrons. The van der Waals surface area contributed by atoms with Gasteiger partial charge in [0.15, 0.2) is 5.78 Å². The minimum atomic E-state index is -0.511. The molecule has 1 atom stereocenters. The van der Waals surface area contributed by atoms with E-state index in [1.165, 1.54) is 12.1 Å². The highest BCUT2D eigenvalue weighted by Crippen LogP contribution is 2.39. The summed E-state index contributed by atoms with van der Waals surface area (Å²) in [6.07, 6.45) is 1.85. The van der Waals surface area contributed by atoms with Gasteiger partial charge in [-0.1, -0.05) is 35.3 Å². The van der Waals surface area contributed by atoms with Gasteiger partial charge in [-0.05, 0) is 55.7 Å². The average molecular weight is 529 g/mol. The molecule has 36 heavy (non-hydrogen) atoms. The smallest absolute Gasteiger partial charge is 0.187 e. The van der Waals surface area contributed by atoms with Crippen LogP contribution in [0.4, 0.5) is 15.8 Å². The molecule has 0 radical (unpaired) electrons. The molecule has 3 aromatic rings. The van der Waals surface area contributed by atoms with Crippen LogP contribution in [0.5, 0.6) is 0 Å². The van der Waals surface area contributed by atoms with Crippen molar-refractivity contribution in [2.45, 2.75) is 32.2 Å². The third-order valence-corrected chi connectivity index (χ3v) is 7.61. The second-order valence-electron chi connectivity index (χ2n) is 9.16. The van der Waals surface area contributed by atoms with Gasteiger partial charge in [-0.25, -0.2) is 4.39 Å². The van der Waals surface area contributed by atoms with E-state index in [2.05, 4.69) is 20.0 Å². The molecule has 1 saturated heterocycles. The van der Waals surface area contributed by atoms with Crippen molar-refractivity contribution in [3.05, 3.63) is 80.8 Å². The fraction of sp³-hybridized carbons (Fsp3) is 0.370. The number of carbonyl (C=O) groups excluding carboxylic acids is 1. The molecule has 2 aliphatic rings. The van der Waals surface area contributed by atoms with Crippen LogP contribution in [-0.4, -0.2) is 48.8 Å². The number of Topliss-reactive ketones (excluding diaryl/α,β-unsaturated/α-hetero) is 1. The zero-order valence-corrected chi connectivity index (χ0v) is 21.5. The first-order valence-electron chi connectivity index (χ1n) is 12.1. The van der Waals surface area contributed by atoms with Crippen LogP contribution in [0.1, 0.15) is 46.7 Å². The Labute approximate surface area is 220 Å². The standard InChI is InChI=1S/C27H27Cl2FN4O2/c1-17(26-20(28)8-9-21(30)27(26)29)34-10-2-3-22-24(34)16-23(32-31-22)25(35)15-18-4-6-19(7-5-18)33-11-13-36-14-12-33/h4-9,16-17H,2-3,10-15H2,1H3/t17-/m1/s1. The summed E-state index contributed by atoms with van der Waals surface area (Å²) < 4.78 is 19.6. The number of carbonyl (C=O) groups is 1. The number of hydrogen-bond acceptors (Lipinski definition) is 6. The maximum atomic E-state index is 14.2. The van der Waals surface area contributed by atoms with E-state index in [1.54, 1.807) is 6.07 Å². The predicted molar refractivity (Wildman–Crippen MR) is 140 cm³/mol. The Morgan fingerprint density at radius 3 is 2.58 bits per heavy atom. The molecule has 5 rings (SSSR count). The van der Waals surface area contributed by atoms with Gasteiger partial charge in [-0.15, -0.1) is 5.10 Å². The Kier molecular flexibility index (Phi) is 7.42. The number of ether oxygens (including phenoxy) is 1. The molecule has 2 aliphatic heterocycles. The van der Waals surface area contributed by atoms with Gasteiger partial charge in [0.1, 0.15) is 11.5 Å². The van der Waals surface area contributed by atoms with Crippen molar-refractivity contribution in [2.75, 3.05) is 42.6 Å². The summed E-state index contributed by atoms with van der Waals surface area (Å²) in [5.41, 5.74) is 4.49. The number of anilines is 2. The number of aryl methyl sites for hydroxylation is 1. The van der Waals surface area contributed by atoms with Crippen molar-refractivity contribution in [2.24, 2.45) is 0 Å². The average Bonchev–Trinajstić information content (AvgIpc) is 2.91. The van der Waals surface area contributed by atoms with Crippen LogP contribution in [0.3, 0.4) is 0 Å². The molecule has 0 aliphatic carbocycles. The van der Waals surface area contributed by atoms with E-state index in [0.717, 1.165) is 61.8 Å². The summed E-state index contributed by atoms with van der Waals surface area (Å²) in [7, 11) is 0. The topological polar surface area (TPSA) is 58.6 Å². The predicted octanol–water partition coefficient (Wildman–Crippen LogP) is 5.70. The molecule has 2 aromatic carbocycles. The second kappa shape index (κ2) is 10.7. The third-order valence-electron chi connectivity index (χ3n) is 6.90. The molecular weight excluding hydrogens is 502 g/mol. The van der Waals surface area contributed by atoms with Gasteiger partial charge < -0.3 is 14.5 Å². The number of morpholine rings is 1. The molecule has 6 nitrogen and oxygen atoms in total. The monoisotopic (exact) mass is 528 g/mol. The number of ketones is 1. The van der Waals surface area contributed by atoms with E-state index >= 15 is 0 Å².